The van der Waals surface area contributed by atoms with Crippen molar-refractivity contribution in [2.75, 3.05) is 18.0 Å². The van der Waals surface area contributed by atoms with E-state index in [1.165, 1.54) is 48.1 Å². The minimum absolute atomic E-state index is 0.605. The minimum Gasteiger partial charge on any atom is -0.356 e. The summed E-state index contributed by atoms with van der Waals surface area (Å²) in [4.78, 5) is 15.3. The number of hydrogen-bond acceptors (Lipinski definition) is 4. The van der Waals surface area contributed by atoms with Crippen molar-refractivity contribution in [3.05, 3.63) is 16.3 Å². The Balaban J connectivity index is 1.87. The maximum absolute atomic E-state index is 5.04. The van der Waals surface area contributed by atoms with Crippen molar-refractivity contribution in [1.82, 2.24) is 9.97 Å². The van der Waals surface area contributed by atoms with Gasteiger partial charge in [0.05, 0.1) is 5.39 Å². The molecule has 0 radical (unpaired) electrons. The molecule has 2 aliphatic rings. The lowest BCUT2D eigenvalue weighted by Gasteiger charge is -2.21. The molecule has 0 bridgehead atoms. The minimum atomic E-state index is 0.605. The summed E-state index contributed by atoms with van der Waals surface area (Å²) in [5.74, 6) is 3.71. The molecule has 1 saturated heterocycles. The number of aromatic nitrogens is 2. The van der Waals surface area contributed by atoms with Crippen LogP contribution in [0.5, 0.6) is 0 Å². The summed E-state index contributed by atoms with van der Waals surface area (Å²) in [6, 6.07) is 0. The van der Waals surface area contributed by atoms with E-state index in [0.29, 0.717) is 5.92 Å². The fraction of sp³-hybridized carbons (Fsp3) is 0.684. The summed E-state index contributed by atoms with van der Waals surface area (Å²) in [5, 5.41) is 1.39. The molecule has 3 nitrogen and oxygen atoms in total. The van der Waals surface area contributed by atoms with Crippen molar-refractivity contribution in [2.24, 2.45) is 11.8 Å². The Labute approximate surface area is 143 Å². The van der Waals surface area contributed by atoms with Crippen LogP contribution in [0.4, 0.5) is 5.82 Å². The highest BCUT2D eigenvalue weighted by atomic mass is 32.1. The molecule has 2 aromatic heterocycles. The van der Waals surface area contributed by atoms with Crippen molar-refractivity contribution in [3.63, 3.8) is 0 Å². The molecule has 1 atom stereocenters. The molecular weight excluding hydrogens is 302 g/mol. The van der Waals surface area contributed by atoms with Crippen LogP contribution in [0.2, 0.25) is 0 Å². The number of thiophene rings is 1. The van der Waals surface area contributed by atoms with Gasteiger partial charge in [0.1, 0.15) is 16.5 Å². The standard InChI is InChI=1S/C19H27N3S/c1-12(2)10-16-20-18(22-8-4-5-9-22)17-14-7-6-13(3)11-15(14)23-19(17)21-16/h12-13H,4-11H2,1-3H3/t13-/m0/s1. The summed E-state index contributed by atoms with van der Waals surface area (Å²) in [6.07, 6.45) is 7.34. The molecule has 4 rings (SSSR count). The Morgan fingerprint density at radius 2 is 2.00 bits per heavy atom. The fourth-order valence-corrected chi connectivity index (χ4v) is 5.38. The average molecular weight is 330 g/mol. The van der Waals surface area contributed by atoms with Gasteiger partial charge in [-0.3, -0.25) is 0 Å². The normalized spacial score (nSPS) is 21.4. The number of nitrogens with zero attached hydrogens (tertiary/aromatic N) is 3. The van der Waals surface area contributed by atoms with Gasteiger partial charge in [-0.25, -0.2) is 9.97 Å². The van der Waals surface area contributed by atoms with Crippen LogP contribution in [0.1, 0.15) is 56.3 Å². The highest BCUT2D eigenvalue weighted by Crippen LogP contribution is 2.41. The Kier molecular flexibility index (Phi) is 4.04. The molecule has 0 amide bonds. The van der Waals surface area contributed by atoms with Crippen LogP contribution in [0.15, 0.2) is 0 Å². The van der Waals surface area contributed by atoms with E-state index in [1.54, 1.807) is 10.4 Å². The number of anilines is 1. The molecule has 1 aliphatic carbocycles. The van der Waals surface area contributed by atoms with E-state index >= 15 is 0 Å². The second-order valence-corrected chi connectivity index (χ2v) is 8.87. The lowest BCUT2D eigenvalue weighted by atomic mass is 9.89. The summed E-state index contributed by atoms with van der Waals surface area (Å²) in [7, 11) is 0. The maximum Gasteiger partial charge on any atom is 0.141 e. The molecule has 1 fully saturated rings. The predicted molar refractivity (Wildman–Crippen MR) is 98.6 cm³/mol. The Morgan fingerprint density at radius 3 is 2.74 bits per heavy atom. The molecule has 0 unspecified atom stereocenters. The molecule has 23 heavy (non-hydrogen) atoms. The Morgan fingerprint density at radius 1 is 1.22 bits per heavy atom. The van der Waals surface area contributed by atoms with Crippen LogP contribution in [-0.2, 0) is 19.3 Å². The number of fused-ring (bicyclic) bond motifs is 3. The highest BCUT2D eigenvalue weighted by Gasteiger charge is 2.26. The van der Waals surface area contributed by atoms with Crippen LogP contribution in [0.3, 0.4) is 0 Å². The molecule has 0 saturated carbocycles. The molecule has 0 aromatic carbocycles. The van der Waals surface area contributed by atoms with Gasteiger partial charge in [-0.15, -0.1) is 11.3 Å². The number of hydrogen-bond donors (Lipinski definition) is 0. The van der Waals surface area contributed by atoms with Crippen LogP contribution in [0, 0.1) is 11.8 Å². The largest absolute Gasteiger partial charge is 0.356 e. The van der Waals surface area contributed by atoms with Crippen molar-refractivity contribution in [3.8, 4) is 0 Å². The van der Waals surface area contributed by atoms with E-state index in [9.17, 15) is 0 Å². The zero-order valence-electron chi connectivity index (χ0n) is 14.6. The first kappa shape index (κ1) is 15.4. The van der Waals surface area contributed by atoms with Crippen LogP contribution in [0.25, 0.3) is 10.2 Å². The Hall–Kier alpha value is -1.16. The van der Waals surface area contributed by atoms with E-state index < -0.39 is 0 Å². The second kappa shape index (κ2) is 6.04. The third-order valence-corrected chi connectivity index (χ3v) is 6.33. The fourth-order valence-electron chi connectivity index (χ4n) is 3.98. The first-order valence-electron chi connectivity index (χ1n) is 9.18. The van der Waals surface area contributed by atoms with Crippen molar-refractivity contribution >= 4 is 27.4 Å². The number of rotatable bonds is 3. The molecule has 0 N–H and O–H groups in total. The molecule has 2 aromatic rings. The van der Waals surface area contributed by atoms with Gasteiger partial charge in [0.25, 0.3) is 0 Å². The predicted octanol–water partition coefficient (Wildman–Crippen LogP) is 4.61. The van der Waals surface area contributed by atoms with E-state index in [4.69, 9.17) is 9.97 Å². The highest BCUT2D eigenvalue weighted by molar-refractivity contribution is 7.19. The molecule has 1 aliphatic heterocycles. The van der Waals surface area contributed by atoms with Crippen LogP contribution < -0.4 is 4.90 Å². The monoisotopic (exact) mass is 329 g/mol. The average Bonchev–Trinajstić information content (AvgIpc) is 3.12. The molecule has 124 valence electrons. The molecular formula is C19H27N3S. The van der Waals surface area contributed by atoms with Gasteiger partial charge in [0.2, 0.25) is 0 Å². The molecule has 4 heteroatoms. The topological polar surface area (TPSA) is 29.0 Å². The first-order valence-corrected chi connectivity index (χ1v) is 9.99. The lowest BCUT2D eigenvalue weighted by molar-refractivity contribution is 0.509. The molecule has 0 spiro atoms. The number of aryl methyl sites for hydroxylation is 1. The first-order chi connectivity index (χ1) is 11.1. The third kappa shape index (κ3) is 2.86. The van der Waals surface area contributed by atoms with Gasteiger partial charge in [-0.05, 0) is 49.5 Å². The van der Waals surface area contributed by atoms with Gasteiger partial charge in [0.15, 0.2) is 0 Å². The van der Waals surface area contributed by atoms with Crippen LogP contribution in [-0.4, -0.2) is 23.1 Å². The SMILES string of the molecule is CC(C)Cc1nc(N2CCCC2)c2c3c(sc2n1)C[C@@H](C)CC3. The summed E-state index contributed by atoms with van der Waals surface area (Å²) >= 11 is 1.94. The van der Waals surface area contributed by atoms with Gasteiger partial charge in [-0.1, -0.05) is 20.8 Å². The Bertz CT molecular complexity index is 713. The van der Waals surface area contributed by atoms with Gasteiger partial charge in [0, 0.05) is 24.4 Å². The van der Waals surface area contributed by atoms with Crippen molar-refractivity contribution < 1.29 is 0 Å². The van der Waals surface area contributed by atoms with E-state index in [-0.39, 0.29) is 0 Å². The summed E-state index contributed by atoms with van der Waals surface area (Å²) < 4.78 is 0. The molecule has 3 heterocycles. The second-order valence-electron chi connectivity index (χ2n) is 7.79. The smallest absolute Gasteiger partial charge is 0.141 e. The zero-order valence-corrected chi connectivity index (χ0v) is 15.4. The van der Waals surface area contributed by atoms with Crippen LogP contribution >= 0.6 is 11.3 Å². The van der Waals surface area contributed by atoms with E-state index in [0.717, 1.165) is 31.3 Å². The van der Waals surface area contributed by atoms with Crippen molar-refractivity contribution in [2.45, 2.75) is 59.3 Å². The van der Waals surface area contributed by atoms with Gasteiger partial charge < -0.3 is 4.90 Å². The quantitative estimate of drug-likeness (QED) is 0.823. The van der Waals surface area contributed by atoms with E-state index in [2.05, 4.69) is 25.7 Å². The van der Waals surface area contributed by atoms with Gasteiger partial charge >= 0.3 is 0 Å². The third-order valence-electron chi connectivity index (χ3n) is 5.18. The zero-order chi connectivity index (χ0) is 16.0. The maximum atomic E-state index is 5.04. The summed E-state index contributed by atoms with van der Waals surface area (Å²) in [6.45, 7) is 9.21. The lowest BCUT2D eigenvalue weighted by Crippen LogP contribution is -2.21. The van der Waals surface area contributed by atoms with E-state index in [1.807, 2.05) is 11.3 Å². The van der Waals surface area contributed by atoms with Gasteiger partial charge in [-0.2, -0.15) is 0 Å². The van der Waals surface area contributed by atoms with Crippen molar-refractivity contribution in [1.29, 1.82) is 0 Å². The summed E-state index contributed by atoms with van der Waals surface area (Å²) in [5.41, 5.74) is 1.57.